The van der Waals surface area contributed by atoms with Gasteiger partial charge in [-0.05, 0) is 78.3 Å². The normalized spacial score (nSPS) is 37.6. The Kier molecular flexibility index (Phi) is 4.05. The quantitative estimate of drug-likeness (QED) is 0.861. The van der Waals surface area contributed by atoms with Crippen molar-refractivity contribution in [1.29, 1.82) is 0 Å². The van der Waals surface area contributed by atoms with Crippen molar-refractivity contribution >= 4 is 0 Å². The highest BCUT2D eigenvalue weighted by Crippen LogP contribution is 2.47. The molecule has 2 aliphatic rings. The lowest BCUT2D eigenvalue weighted by Crippen LogP contribution is -2.46. The van der Waals surface area contributed by atoms with E-state index in [0.29, 0.717) is 0 Å². The lowest BCUT2D eigenvalue weighted by atomic mass is 9.72. The molecule has 0 spiro atoms. The number of ether oxygens (including phenoxy) is 1. The minimum absolute atomic E-state index is 0.106. The van der Waals surface area contributed by atoms with Gasteiger partial charge in [0.25, 0.3) is 0 Å². The molecule has 2 rings (SSSR count). The summed E-state index contributed by atoms with van der Waals surface area (Å²) in [6.45, 7) is 9.30. The van der Waals surface area contributed by atoms with Crippen LogP contribution < -0.4 is 0 Å². The summed E-state index contributed by atoms with van der Waals surface area (Å²) in [6.07, 6.45) is 5.01. The van der Waals surface area contributed by atoms with Crippen molar-refractivity contribution in [3.8, 4) is 0 Å². The van der Waals surface area contributed by atoms with Gasteiger partial charge in [-0.3, -0.25) is 0 Å². The molecule has 1 fully saturated rings. The van der Waals surface area contributed by atoms with E-state index in [4.69, 9.17) is 4.74 Å². The summed E-state index contributed by atoms with van der Waals surface area (Å²) < 4.78 is 6.40. The van der Waals surface area contributed by atoms with Gasteiger partial charge in [0.2, 0.25) is 0 Å². The molecule has 3 heteroatoms. The molecule has 1 aliphatic heterocycles. The lowest BCUT2D eigenvalue weighted by molar-refractivity contribution is -0.0863. The molecular weight excluding hydrogens is 250 g/mol. The third-order valence-corrected chi connectivity index (χ3v) is 4.90. The first kappa shape index (κ1) is 15.6. The fourth-order valence-electron chi connectivity index (χ4n) is 3.34. The predicted octanol–water partition coefficient (Wildman–Crippen LogP) is 3.11. The second kappa shape index (κ2) is 5.19. The van der Waals surface area contributed by atoms with Crippen LogP contribution in [-0.2, 0) is 4.74 Å². The van der Waals surface area contributed by atoms with E-state index in [2.05, 4.69) is 39.8 Å². The molecule has 0 bridgehead atoms. The van der Waals surface area contributed by atoms with Crippen LogP contribution in [0.15, 0.2) is 23.0 Å². The zero-order chi connectivity index (χ0) is 15.1. The van der Waals surface area contributed by atoms with Gasteiger partial charge in [-0.15, -0.1) is 0 Å². The van der Waals surface area contributed by atoms with Crippen molar-refractivity contribution in [1.82, 2.24) is 4.90 Å². The van der Waals surface area contributed by atoms with E-state index in [0.717, 1.165) is 37.1 Å². The number of aliphatic hydroxyl groups is 1. The van der Waals surface area contributed by atoms with Gasteiger partial charge in [0, 0.05) is 12.5 Å². The average Bonchev–Trinajstić information content (AvgIpc) is 2.33. The van der Waals surface area contributed by atoms with Crippen LogP contribution in [0.1, 0.15) is 47.0 Å². The fourth-order valence-corrected chi connectivity index (χ4v) is 3.34. The van der Waals surface area contributed by atoms with Crippen molar-refractivity contribution in [2.24, 2.45) is 5.92 Å². The number of fused-ring (bicyclic) bond motifs is 1. The van der Waals surface area contributed by atoms with Crippen LogP contribution >= 0.6 is 0 Å². The summed E-state index contributed by atoms with van der Waals surface area (Å²) >= 11 is 0. The SMILES string of the molecule is CC1=CC(C)(O)C2CCC(C)(CCN(C)C)OC2=C1C. The predicted molar refractivity (Wildman–Crippen MR) is 82.5 cm³/mol. The smallest absolute Gasteiger partial charge is 0.107 e. The highest BCUT2D eigenvalue weighted by atomic mass is 16.5. The minimum atomic E-state index is -0.776. The molecule has 0 amide bonds. The molecule has 0 radical (unpaired) electrons. The van der Waals surface area contributed by atoms with Gasteiger partial charge >= 0.3 is 0 Å². The first-order valence-corrected chi connectivity index (χ1v) is 7.61. The molecule has 1 N–H and O–H groups in total. The van der Waals surface area contributed by atoms with Gasteiger partial charge in [0.05, 0.1) is 5.60 Å². The maximum atomic E-state index is 10.6. The van der Waals surface area contributed by atoms with E-state index in [-0.39, 0.29) is 11.5 Å². The second-order valence-electron chi connectivity index (χ2n) is 7.24. The Morgan fingerprint density at radius 1 is 1.35 bits per heavy atom. The van der Waals surface area contributed by atoms with Crippen LogP contribution in [0.2, 0.25) is 0 Å². The first-order valence-electron chi connectivity index (χ1n) is 7.61. The number of nitrogens with zero attached hydrogens (tertiary/aromatic N) is 1. The van der Waals surface area contributed by atoms with Gasteiger partial charge < -0.3 is 14.7 Å². The van der Waals surface area contributed by atoms with Gasteiger partial charge in [-0.25, -0.2) is 0 Å². The van der Waals surface area contributed by atoms with Gasteiger partial charge in [-0.1, -0.05) is 0 Å². The number of hydrogen-bond acceptors (Lipinski definition) is 3. The number of rotatable bonds is 3. The molecule has 0 saturated carbocycles. The molecule has 1 heterocycles. The van der Waals surface area contributed by atoms with Crippen LogP contribution in [0.3, 0.4) is 0 Å². The largest absolute Gasteiger partial charge is 0.491 e. The second-order valence-corrected chi connectivity index (χ2v) is 7.24. The molecule has 20 heavy (non-hydrogen) atoms. The fraction of sp³-hybridized carbons (Fsp3) is 0.765. The molecule has 0 aromatic heterocycles. The van der Waals surface area contributed by atoms with Crippen LogP contribution in [0.5, 0.6) is 0 Å². The third kappa shape index (κ3) is 2.94. The zero-order valence-corrected chi connectivity index (χ0v) is 13.8. The Morgan fingerprint density at radius 2 is 2.00 bits per heavy atom. The van der Waals surface area contributed by atoms with E-state index in [1.807, 2.05) is 13.0 Å². The van der Waals surface area contributed by atoms with Gasteiger partial charge in [-0.2, -0.15) is 0 Å². The van der Waals surface area contributed by atoms with Crippen molar-refractivity contribution < 1.29 is 9.84 Å². The Morgan fingerprint density at radius 3 is 2.60 bits per heavy atom. The maximum Gasteiger partial charge on any atom is 0.107 e. The van der Waals surface area contributed by atoms with E-state index in [1.54, 1.807) is 0 Å². The minimum Gasteiger partial charge on any atom is -0.491 e. The summed E-state index contributed by atoms with van der Waals surface area (Å²) in [5.74, 6) is 1.13. The van der Waals surface area contributed by atoms with E-state index < -0.39 is 5.60 Å². The number of hydrogen-bond donors (Lipinski definition) is 1. The highest BCUT2D eigenvalue weighted by Gasteiger charge is 2.45. The van der Waals surface area contributed by atoms with Crippen LogP contribution in [0.4, 0.5) is 0 Å². The van der Waals surface area contributed by atoms with Crippen molar-refractivity contribution in [2.75, 3.05) is 20.6 Å². The standard InChI is InChI=1S/C17H29NO2/c1-12-11-17(4,19)14-7-8-16(3,9-10-18(5)6)20-15(14)13(12)2/h11,14,19H,7-10H2,1-6H3. The molecule has 3 unspecified atom stereocenters. The van der Waals surface area contributed by atoms with E-state index >= 15 is 0 Å². The lowest BCUT2D eigenvalue weighted by Gasteiger charge is -2.47. The van der Waals surface area contributed by atoms with Crippen LogP contribution in [0.25, 0.3) is 0 Å². The molecule has 0 aromatic carbocycles. The monoisotopic (exact) mass is 279 g/mol. The molecule has 3 nitrogen and oxygen atoms in total. The van der Waals surface area contributed by atoms with E-state index in [9.17, 15) is 5.11 Å². The van der Waals surface area contributed by atoms with Crippen LogP contribution in [0, 0.1) is 5.92 Å². The third-order valence-electron chi connectivity index (χ3n) is 4.90. The molecule has 1 saturated heterocycles. The summed E-state index contributed by atoms with van der Waals surface area (Å²) in [6, 6.07) is 0. The molecule has 114 valence electrons. The van der Waals surface area contributed by atoms with Crippen LogP contribution in [-0.4, -0.2) is 41.8 Å². The zero-order valence-electron chi connectivity index (χ0n) is 13.8. The molecule has 3 atom stereocenters. The molecule has 0 aromatic rings. The van der Waals surface area contributed by atoms with Crippen molar-refractivity contribution in [3.05, 3.63) is 23.0 Å². The highest BCUT2D eigenvalue weighted by molar-refractivity contribution is 5.40. The van der Waals surface area contributed by atoms with Crippen molar-refractivity contribution in [3.63, 3.8) is 0 Å². The number of allylic oxidation sites excluding steroid dienone is 2. The topological polar surface area (TPSA) is 32.7 Å². The van der Waals surface area contributed by atoms with Crippen molar-refractivity contribution in [2.45, 2.75) is 58.2 Å². The molecular formula is C17H29NO2. The maximum absolute atomic E-state index is 10.6. The average molecular weight is 279 g/mol. The van der Waals surface area contributed by atoms with Gasteiger partial charge in [0.1, 0.15) is 11.4 Å². The Bertz CT molecular complexity index is 448. The summed E-state index contributed by atoms with van der Waals surface area (Å²) in [5.41, 5.74) is 1.46. The summed E-state index contributed by atoms with van der Waals surface area (Å²) in [5, 5.41) is 10.6. The van der Waals surface area contributed by atoms with Gasteiger partial charge in [0.15, 0.2) is 0 Å². The molecule has 1 aliphatic carbocycles. The summed E-state index contributed by atoms with van der Waals surface area (Å²) in [4.78, 5) is 2.20. The Labute approximate surface area is 123 Å². The summed E-state index contributed by atoms with van der Waals surface area (Å²) in [7, 11) is 4.19. The Balaban J connectivity index is 2.23. The first-order chi connectivity index (χ1) is 9.15. The Hall–Kier alpha value is -0.800. The van der Waals surface area contributed by atoms with E-state index in [1.165, 1.54) is 5.57 Å².